The van der Waals surface area contributed by atoms with Gasteiger partial charge in [-0.05, 0) is 24.5 Å². The van der Waals surface area contributed by atoms with Gasteiger partial charge in [-0.25, -0.2) is 0 Å². The largest absolute Gasteiger partial charge is 0.367 e. The van der Waals surface area contributed by atoms with Crippen LogP contribution in [0.2, 0.25) is 0 Å². The second kappa shape index (κ2) is 6.91. The third kappa shape index (κ3) is 3.48. The first-order valence-corrected chi connectivity index (χ1v) is 6.89. The molecule has 3 N–H and O–H groups in total. The average molecular weight is 271 g/mol. The van der Waals surface area contributed by atoms with Gasteiger partial charge in [-0.3, -0.25) is 4.79 Å². The molecule has 4 nitrogen and oxygen atoms in total. The van der Waals surface area contributed by atoms with Crippen LogP contribution in [0.4, 0.5) is 0 Å². The van der Waals surface area contributed by atoms with Crippen LogP contribution >= 0.6 is 0 Å². The van der Waals surface area contributed by atoms with Gasteiger partial charge >= 0.3 is 0 Å². The van der Waals surface area contributed by atoms with Gasteiger partial charge in [0.25, 0.3) is 5.91 Å². The fourth-order valence-corrected chi connectivity index (χ4v) is 2.22. The molecule has 0 unspecified atom stereocenters. The molecule has 0 fully saturated rings. The number of nitrogens with one attached hydrogen (secondary N) is 1. The van der Waals surface area contributed by atoms with Crippen LogP contribution in [-0.4, -0.2) is 35.4 Å². The molecule has 20 heavy (non-hydrogen) atoms. The lowest BCUT2D eigenvalue weighted by atomic mass is 10.1. The van der Waals surface area contributed by atoms with E-state index >= 15 is 0 Å². The second-order valence-corrected chi connectivity index (χ2v) is 4.87. The molecule has 106 valence electrons. The number of rotatable bonds is 6. The van der Waals surface area contributed by atoms with Crippen molar-refractivity contribution < 1.29 is 4.79 Å². The maximum absolute atomic E-state index is 12.5. The number of aryl methyl sites for hydroxylation is 1. The molecule has 0 spiro atoms. The van der Waals surface area contributed by atoms with E-state index in [-0.39, 0.29) is 5.91 Å². The number of aromatic nitrogens is 1. The summed E-state index contributed by atoms with van der Waals surface area (Å²) in [6.07, 6.45) is 4.44. The molecule has 0 aliphatic rings. The smallest absolute Gasteiger partial charge is 0.255 e. The maximum atomic E-state index is 12.5. The van der Waals surface area contributed by atoms with Crippen LogP contribution in [0.5, 0.6) is 0 Å². The van der Waals surface area contributed by atoms with E-state index in [1.807, 2.05) is 36.2 Å². The van der Waals surface area contributed by atoms with E-state index in [1.54, 1.807) is 6.20 Å². The van der Waals surface area contributed by atoms with Crippen molar-refractivity contribution in [3.63, 3.8) is 0 Å². The minimum atomic E-state index is 0.0464. The van der Waals surface area contributed by atoms with E-state index in [0.29, 0.717) is 19.6 Å². The van der Waals surface area contributed by atoms with Gasteiger partial charge < -0.3 is 15.6 Å². The molecule has 1 amide bonds. The first-order chi connectivity index (χ1) is 9.72. The molecule has 0 atom stereocenters. The fraction of sp³-hybridized carbons (Fsp3) is 0.312. The Labute approximate surface area is 119 Å². The Morgan fingerprint density at radius 3 is 2.55 bits per heavy atom. The Balaban J connectivity index is 2.03. The molecule has 0 bridgehead atoms. The molecule has 0 aliphatic carbocycles. The van der Waals surface area contributed by atoms with Gasteiger partial charge in [0.15, 0.2) is 0 Å². The van der Waals surface area contributed by atoms with E-state index in [9.17, 15) is 4.79 Å². The summed E-state index contributed by atoms with van der Waals surface area (Å²) in [5, 5.41) is 0. The van der Waals surface area contributed by atoms with E-state index in [2.05, 4.69) is 17.1 Å². The predicted octanol–water partition coefficient (Wildman–Crippen LogP) is 1.97. The van der Waals surface area contributed by atoms with Gasteiger partial charge in [-0.1, -0.05) is 30.3 Å². The Kier molecular flexibility index (Phi) is 4.96. The van der Waals surface area contributed by atoms with Crippen molar-refractivity contribution in [2.24, 2.45) is 5.73 Å². The lowest BCUT2D eigenvalue weighted by molar-refractivity contribution is 0.0761. The number of benzene rings is 1. The number of amides is 1. The quantitative estimate of drug-likeness (QED) is 0.843. The zero-order valence-electron chi connectivity index (χ0n) is 11.8. The zero-order valence-corrected chi connectivity index (χ0v) is 11.8. The van der Waals surface area contributed by atoms with E-state index < -0.39 is 0 Å². The van der Waals surface area contributed by atoms with Crippen LogP contribution in [0.3, 0.4) is 0 Å². The van der Waals surface area contributed by atoms with Crippen molar-refractivity contribution in [1.29, 1.82) is 0 Å². The molecule has 1 heterocycles. The van der Waals surface area contributed by atoms with Gasteiger partial charge in [-0.2, -0.15) is 0 Å². The highest BCUT2D eigenvalue weighted by atomic mass is 16.2. The Morgan fingerprint density at radius 1 is 1.20 bits per heavy atom. The van der Waals surface area contributed by atoms with Gasteiger partial charge in [0, 0.05) is 32.0 Å². The Morgan fingerprint density at radius 2 is 1.95 bits per heavy atom. The number of nitrogens with zero attached hydrogens (tertiary/aromatic N) is 1. The third-order valence-corrected chi connectivity index (χ3v) is 3.38. The lowest BCUT2D eigenvalue weighted by Gasteiger charge is -2.22. The predicted molar refractivity (Wildman–Crippen MR) is 80.6 cm³/mol. The topological polar surface area (TPSA) is 62.1 Å². The number of aromatic amines is 1. The SMILES string of the molecule is Cc1c[nH]cc1C(=O)N(CCN)CCc1ccccc1. The number of carbonyl (C=O) groups is 1. The van der Waals surface area contributed by atoms with E-state index in [0.717, 1.165) is 17.5 Å². The summed E-state index contributed by atoms with van der Waals surface area (Å²) in [6.45, 7) is 3.67. The van der Waals surface area contributed by atoms with Crippen molar-refractivity contribution in [2.45, 2.75) is 13.3 Å². The number of carbonyl (C=O) groups excluding carboxylic acids is 1. The van der Waals surface area contributed by atoms with Crippen LogP contribution in [0.25, 0.3) is 0 Å². The average Bonchev–Trinajstić information content (AvgIpc) is 2.90. The van der Waals surface area contributed by atoms with Gasteiger partial charge in [-0.15, -0.1) is 0 Å². The summed E-state index contributed by atoms with van der Waals surface area (Å²) < 4.78 is 0. The second-order valence-electron chi connectivity index (χ2n) is 4.87. The Bertz CT molecular complexity index is 548. The summed E-state index contributed by atoms with van der Waals surface area (Å²) in [5.74, 6) is 0.0464. The van der Waals surface area contributed by atoms with Crippen molar-refractivity contribution in [3.05, 3.63) is 59.4 Å². The van der Waals surface area contributed by atoms with Crippen LogP contribution in [0.15, 0.2) is 42.7 Å². The number of nitrogens with two attached hydrogens (primary N) is 1. The first-order valence-electron chi connectivity index (χ1n) is 6.89. The number of H-pyrrole nitrogens is 1. The summed E-state index contributed by atoms with van der Waals surface area (Å²) >= 11 is 0. The first kappa shape index (κ1) is 14.3. The molecule has 0 saturated heterocycles. The summed E-state index contributed by atoms with van der Waals surface area (Å²) in [4.78, 5) is 17.3. The summed E-state index contributed by atoms with van der Waals surface area (Å²) in [7, 11) is 0. The molecule has 0 saturated carbocycles. The summed E-state index contributed by atoms with van der Waals surface area (Å²) in [6, 6.07) is 10.2. The highest BCUT2D eigenvalue weighted by Gasteiger charge is 2.17. The van der Waals surface area contributed by atoms with Gasteiger partial charge in [0.1, 0.15) is 0 Å². The van der Waals surface area contributed by atoms with Crippen LogP contribution < -0.4 is 5.73 Å². The highest BCUT2D eigenvalue weighted by molar-refractivity contribution is 5.95. The Hall–Kier alpha value is -2.07. The van der Waals surface area contributed by atoms with Crippen molar-refractivity contribution in [3.8, 4) is 0 Å². The zero-order chi connectivity index (χ0) is 14.4. The van der Waals surface area contributed by atoms with Crippen LogP contribution in [0.1, 0.15) is 21.5 Å². The monoisotopic (exact) mass is 271 g/mol. The number of hydrogen-bond acceptors (Lipinski definition) is 2. The standard InChI is InChI=1S/C16H21N3O/c1-13-11-18-12-15(13)16(20)19(10-8-17)9-7-14-5-3-2-4-6-14/h2-6,11-12,18H,7-10,17H2,1H3. The summed E-state index contributed by atoms with van der Waals surface area (Å²) in [5.41, 5.74) is 8.55. The van der Waals surface area contributed by atoms with Crippen molar-refractivity contribution in [2.75, 3.05) is 19.6 Å². The third-order valence-electron chi connectivity index (χ3n) is 3.38. The maximum Gasteiger partial charge on any atom is 0.255 e. The molecule has 0 aliphatic heterocycles. The normalized spacial score (nSPS) is 10.5. The minimum absolute atomic E-state index is 0.0464. The van der Waals surface area contributed by atoms with Crippen LogP contribution in [0, 0.1) is 6.92 Å². The molecule has 2 rings (SSSR count). The molecule has 4 heteroatoms. The van der Waals surface area contributed by atoms with Crippen molar-refractivity contribution in [1.82, 2.24) is 9.88 Å². The number of hydrogen-bond donors (Lipinski definition) is 2. The molecule has 0 radical (unpaired) electrons. The molecule has 1 aromatic carbocycles. The van der Waals surface area contributed by atoms with Crippen LogP contribution in [-0.2, 0) is 6.42 Å². The minimum Gasteiger partial charge on any atom is -0.367 e. The van der Waals surface area contributed by atoms with Crippen molar-refractivity contribution >= 4 is 5.91 Å². The molecule has 1 aromatic heterocycles. The molecular weight excluding hydrogens is 250 g/mol. The lowest BCUT2D eigenvalue weighted by Crippen LogP contribution is -2.37. The fourth-order valence-electron chi connectivity index (χ4n) is 2.22. The highest BCUT2D eigenvalue weighted by Crippen LogP contribution is 2.11. The molecule has 2 aromatic rings. The van der Waals surface area contributed by atoms with Gasteiger partial charge in [0.05, 0.1) is 5.56 Å². The molecular formula is C16H21N3O. The van der Waals surface area contributed by atoms with E-state index in [4.69, 9.17) is 5.73 Å². The van der Waals surface area contributed by atoms with Gasteiger partial charge in [0.2, 0.25) is 0 Å². The van der Waals surface area contributed by atoms with E-state index in [1.165, 1.54) is 5.56 Å².